The number of hydrogen-bond acceptors (Lipinski definition) is 7. The minimum absolute atomic E-state index is 0.0390. The molecule has 2 aromatic carbocycles. The lowest BCUT2D eigenvalue weighted by Crippen LogP contribution is -2.42. The van der Waals surface area contributed by atoms with Crippen molar-refractivity contribution in [1.29, 1.82) is 0 Å². The average Bonchev–Trinajstić information content (AvgIpc) is 3.43. The number of esters is 1. The first-order valence-electron chi connectivity index (χ1n) is 13.3. The quantitative estimate of drug-likeness (QED) is 0.210. The molecule has 1 unspecified atom stereocenters. The summed E-state index contributed by atoms with van der Waals surface area (Å²) in [4.78, 5) is 28.3. The van der Waals surface area contributed by atoms with Crippen molar-refractivity contribution in [2.45, 2.75) is 57.7 Å². The molecule has 2 heterocycles. The molecule has 2 atom stereocenters. The second kappa shape index (κ2) is 13.6. The molecule has 0 spiro atoms. The van der Waals surface area contributed by atoms with Crippen LogP contribution in [-0.4, -0.2) is 61.4 Å². The number of ether oxygens (including phenoxy) is 3. The second-order valence-corrected chi connectivity index (χ2v) is 12.0. The van der Waals surface area contributed by atoms with Gasteiger partial charge in [0.05, 0.1) is 30.6 Å². The van der Waals surface area contributed by atoms with Crippen LogP contribution in [0.25, 0.3) is 0 Å². The smallest absolute Gasteiger partial charge is 0.336 e. The summed E-state index contributed by atoms with van der Waals surface area (Å²) >= 11 is 6.08. The minimum Gasteiger partial charge on any atom is -0.494 e. The van der Waals surface area contributed by atoms with Crippen molar-refractivity contribution >= 4 is 33.6 Å². The van der Waals surface area contributed by atoms with Crippen LogP contribution in [0.15, 0.2) is 59.8 Å². The van der Waals surface area contributed by atoms with E-state index in [2.05, 4.69) is 0 Å². The van der Waals surface area contributed by atoms with E-state index in [-0.39, 0.29) is 30.8 Å². The number of amides is 1. The van der Waals surface area contributed by atoms with Gasteiger partial charge in [-0.1, -0.05) is 35.9 Å². The van der Waals surface area contributed by atoms with E-state index >= 15 is 0 Å². The molecule has 1 amide bonds. The zero-order valence-electron chi connectivity index (χ0n) is 22.4. The molecule has 1 N–H and O–H groups in total. The van der Waals surface area contributed by atoms with Crippen LogP contribution in [0, 0.1) is 0 Å². The van der Waals surface area contributed by atoms with Gasteiger partial charge in [-0.15, -0.1) is 0 Å². The maximum atomic E-state index is 13.5. The standard InChI is InChI=1S/C29H34ClNO8S/c1-20-28(29(33)39-19-21-6-12-24(13-7-21)37-14-2-3-16-40(34,35)36)26(22-8-10-23(30)11-9-22)17-27(32)31(20)18-25-5-4-15-38-25/h6-13,25-26H,2-5,14-19H2,1H3,(H,34,35,36)/t25-,26?/m1/s1. The molecule has 2 aliphatic heterocycles. The molecule has 216 valence electrons. The van der Waals surface area contributed by atoms with Crippen molar-refractivity contribution in [2.24, 2.45) is 0 Å². The van der Waals surface area contributed by atoms with Crippen LogP contribution in [0.4, 0.5) is 0 Å². The normalized spacial score (nSPS) is 19.7. The van der Waals surface area contributed by atoms with E-state index < -0.39 is 22.0 Å². The largest absolute Gasteiger partial charge is 0.494 e. The lowest BCUT2D eigenvalue weighted by atomic mass is 9.83. The Balaban J connectivity index is 1.42. The Morgan fingerprint density at radius 1 is 1.12 bits per heavy atom. The third-order valence-electron chi connectivity index (χ3n) is 7.08. The Morgan fingerprint density at radius 2 is 1.85 bits per heavy atom. The summed E-state index contributed by atoms with van der Waals surface area (Å²) in [6, 6.07) is 14.2. The Bertz CT molecular complexity index is 1320. The van der Waals surface area contributed by atoms with Crippen LogP contribution in [0.3, 0.4) is 0 Å². The summed E-state index contributed by atoms with van der Waals surface area (Å²) in [6.45, 7) is 3.22. The van der Waals surface area contributed by atoms with Crippen LogP contribution in [-0.2, 0) is 35.8 Å². The molecule has 2 aliphatic rings. The molecule has 0 aromatic heterocycles. The predicted molar refractivity (Wildman–Crippen MR) is 150 cm³/mol. The van der Waals surface area contributed by atoms with Crippen molar-refractivity contribution < 1.29 is 36.8 Å². The zero-order valence-corrected chi connectivity index (χ0v) is 24.0. The molecule has 1 saturated heterocycles. The van der Waals surface area contributed by atoms with Crippen molar-refractivity contribution in [3.05, 3.63) is 76.0 Å². The number of carbonyl (C=O) groups excluding carboxylic acids is 2. The maximum absolute atomic E-state index is 13.5. The fraction of sp³-hybridized carbons (Fsp3) is 0.448. The van der Waals surface area contributed by atoms with Gasteiger partial charge in [-0.3, -0.25) is 9.35 Å². The third kappa shape index (κ3) is 8.30. The molecule has 4 rings (SSSR count). The summed E-state index contributed by atoms with van der Waals surface area (Å²) in [5, 5.41) is 0.571. The summed E-state index contributed by atoms with van der Waals surface area (Å²) in [5.74, 6) is -0.691. The van der Waals surface area contributed by atoms with E-state index in [1.807, 2.05) is 12.1 Å². The van der Waals surface area contributed by atoms with E-state index in [1.54, 1.807) is 48.2 Å². The number of carbonyl (C=O) groups is 2. The molecule has 9 nitrogen and oxygen atoms in total. The SMILES string of the molecule is CC1=C(C(=O)OCc2ccc(OCCCCS(=O)(=O)O)cc2)C(c2ccc(Cl)cc2)CC(=O)N1C[C@H]1CCCO1. The maximum Gasteiger partial charge on any atom is 0.336 e. The third-order valence-corrected chi connectivity index (χ3v) is 8.14. The van der Waals surface area contributed by atoms with Gasteiger partial charge in [0, 0.05) is 29.7 Å². The first kappa shape index (κ1) is 30.0. The molecule has 0 bridgehead atoms. The van der Waals surface area contributed by atoms with E-state index in [9.17, 15) is 18.0 Å². The Hall–Kier alpha value is -2.92. The molecule has 11 heteroatoms. The van der Waals surface area contributed by atoms with Crippen molar-refractivity contribution in [1.82, 2.24) is 4.90 Å². The number of rotatable bonds is 12. The van der Waals surface area contributed by atoms with Crippen LogP contribution in [0.1, 0.15) is 56.1 Å². The van der Waals surface area contributed by atoms with Crippen LogP contribution in [0.2, 0.25) is 5.02 Å². The highest BCUT2D eigenvalue weighted by Gasteiger charge is 2.38. The number of benzene rings is 2. The molecular weight excluding hydrogens is 558 g/mol. The van der Waals surface area contributed by atoms with Gasteiger partial charge in [0.1, 0.15) is 12.4 Å². The highest BCUT2D eigenvalue weighted by Crippen LogP contribution is 2.38. The van der Waals surface area contributed by atoms with E-state index in [4.69, 9.17) is 30.4 Å². The highest BCUT2D eigenvalue weighted by molar-refractivity contribution is 7.85. The van der Waals surface area contributed by atoms with Crippen molar-refractivity contribution in [3.8, 4) is 5.75 Å². The van der Waals surface area contributed by atoms with Gasteiger partial charge >= 0.3 is 5.97 Å². The monoisotopic (exact) mass is 591 g/mol. The molecular formula is C29H34ClNO8S. The first-order chi connectivity index (χ1) is 19.1. The summed E-state index contributed by atoms with van der Waals surface area (Å²) in [5.41, 5.74) is 2.61. The van der Waals surface area contributed by atoms with Gasteiger partial charge in [-0.25, -0.2) is 4.79 Å². The number of halogens is 1. The van der Waals surface area contributed by atoms with Gasteiger partial charge in [-0.05, 0) is 68.0 Å². The molecule has 0 aliphatic carbocycles. The van der Waals surface area contributed by atoms with Gasteiger partial charge in [-0.2, -0.15) is 8.42 Å². The Kier molecular flexibility index (Phi) is 10.2. The average molecular weight is 592 g/mol. The van der Waals surface area contributed by atoms with Crippen LogP contribution >= 0.6 is 11.6 Å². The fourth-order valence-corrected chi connectivity index (χ4v) is 5.65. The number of nitrogens with zero attached hydrogens (tertiary/aromatic N) is 1. The first-order valence-corrected chi connectivity index (χ1v) is 15.3. The predicted octanol–water partition coefficient (Wildman–Crippen LogP) is 4.90. The summed E-state index contributed by atoms with van der Waals surface area (Å²) in [6.07, 6.45) is 2.71. The van der Waals surface area contributed by atoms with Crippen LogP contribution < -0.4 is 4.74 Å². The second-order valence-electron chi connectivity index (χ2n) is 10.0. The van der Waals surface area contributed by atoms with Crippen molar-refractivity contribution in [3.63, 3.8) is 0 Å². The number of allylic oxidation sites excluding steroid dienone is 1. The zero-order chi connectivity index (χ0) is 28.7. The van der Waals surface area contributed by atoms with Gasteiger partial charge in [0.25, 0.3) is 10.1 Å². The van der Waals surface area contributed by atoms with Gasteiger partial charge in [0.15, 0.2) is 0 Å². The topological polar surface area (TPSA) is 119 Å². The number of unbranched alkanes of at least 4 members (excludes halogenated alkanes) is 1. The lowest BCUT2D eigenvalue weighted by Gasteiger charge is -2.35. The van der Waals surface area contributed by atoms with E-state index in [0.717, 1.165) is 24.0 Å². The Morgan fingerprint density at radius 3 is 2.50 bits per heavy atom. The minimum atomic E-state index is -3.96. The van der Waals surface area contributed by atoms with E-state index in [0.29, 0.717) is 54.6 Å². The Labute approximate surface area is 239 Å². The molecule has 0 radical (unpaired) electrons. The van der Waals surface area contributed by atoms with Crippen molar-refractivity contribution in [2.75, 3.05) is 25.5 Å². The highest BCUT2D eigenvalue weighted by atomic mass is 35.5. The number of hydrogen-bond donors (Lipinski definition) is 1. The molecule has 40 heavy (non-hydrogen) atoms. The molecule has 1 fully saturated rings. The van der Waals surface area contributed by atoms with Crippen LogP contribution in [0.5, 0.6) is 5.75 Å². The van der Waals surface area contributed by atoms with Gasteiger partial charge in [0.2, 0.25) is 5.91 Å². The molecule has 0 saturated carbocycles. The van der Waals surface area contributed by atoms with E-state index in [1.165, 1.54) is 0 Å². The molecule has 2 aromatic rings. The van der Waals surface area contributed by atoms with Gasteiger partial charge < -0.3 is 19.1 Å². The summed E-state index contributed by atoms with van der Waals surface area (Å²) in [7, 11) is -3.96. The summed E-state index contributed by atoms with van der Waals surface area (Å²) < 4.78 is 47.4. The lowest BCUT2D eigenvalue weighted by molar-refractivity contribution is -0.141. The fourth-order valence-electron chi connectivity index (χ4n) is 4.96.